The Balaban J connectivity index is 1.97. The summed E-state index contributed by atoms with van der Waals surface area (Å²) in [6, 6.07) is 0. The fourth-order valence-corrected chi connectivity index (χ4v) is 2.22. The van der Waals surface area contributed by atoms with E-state index in [1.54, 1.807) is 18.0 Å². The zero-order valence-corrected chi connectivity index (χ0v) is 10.00. The van der Waals surface area contributed by atoms with Crippen LogP contribution in [0, 0.1) is 0 Å². The predicted octanol–water partition coefficient (Wildman–Crippen LogP) is 1.56. The van der Waals surface area contributed by atoms with Gasteiger partial charge < -0.3 is 9.64 Å². The summed E-state index contributed by atoms with van der Waals surface area (Å²) in [5.74, 6) is 0.0222. The predicted molar refractivity (Wildman–Crippen MR) is 62.6 cm³/mol. The molecule has 0 unspecified atom stereocenters. The maximum absolute atomic E-state index is 11.9. The summed E-state index contributed by atoms with van der Waals surface area (Å²) in [4.78, 5) is 17.8. The monoisotopic (exact) mass is 238 g/mol. The van der Waals surface area contributed by atoms with Crippen LogP contribution in [0.1, 0.15) is 16.9 Å². The zero-order chi connectivity index (χ0) is 11.4. The van der Waals surface area contributed by atoms with Crippen molar-refractivity contribution >= 4 is 17.2 Å². The second kappa shape index (κ2) is 5.23. The highest BCUT2D eigenvalue weighted by atomic mass is 32.1. The molecule has 0 spiro atoms. The number of nitrogens with zero attached hydrogens (tertiary/aromatic N) is 2. The van der Waals surface area contributed by atoms with Crippen LogP contribution in [0.4, 0.5) is 0 Å². The van der Waals surface area contributed by atoms with E-state index < -0.39 is 0 Å². The first-order chi connectivity index (χ1) is 7.81. The van der Waals surface area contributed by atoms with Crippen LogP contribution < -0.4 is 0 Å². The van der Waals surface area contributed by atoms with E-state index in [0.717, 1.165) is 13.0 Å². The third-order valence-electron chi connectivity index (χ3n) is 2.57. The number of amides is 1. The Hall–Kier alpha value is -1.20. The fraction of sp³-hybridized carbons (Fsp3) is 0.455. The molecule has 1 amide bonds. The highest BCUT2D eigenvalue weighted by molar-refractivity contribution is 7.07. The minimum atomic E-state index is 0.0222. The lowest BCUT2D eigenvalue weighted by molar-refractivity contribution is 0.0760. The van der Waals surface area contributed by atoms with E-state index in [1.807, 2.05) is 4.90 Å². The van der Waals surface area contributed by atoms with Gasteiger partial charge in [0, 0.05) is 25.6 Å². The molecule has 5 heteroatoms. The topological polar surface area (TPSA) is 42.4 Å². The van der Waals surface area contributed by atoms with Crippen molar-refractivity contribution in [3.63, 3.8) is 0 Å². The molecule has 0 fully saturated rings. The van der Waals surface area contributed by atoms with E-state index in [-0.39, 0.29) is 5.91 Å². The molecule has 1 aliphatic heterocycles. The minimum Gasteiger partial charge on any atom is -0.380 e. The SMILES string of the molecule is COCC1=CCN(C(=O)c2cscn2)CC1. The highest BCUT2D eigenvalue weighted by Crippen LogP contribution is 2.14. The smallest absolute Gasteiger partial charge is 0.273 e. The number of methoxy groups -OCH3 is 1. The van der Waals surface area contributed by atoms with E-state index in [4.69, 9.17) is 4.74 Å². The van der Waals surface area contributed by atoms with Gasteiger partial charge in [-0.1, -0.05) is 6.08 Å². The average Bonchev–Trinajstić information content (AvgIpc) is 2.83. The molecule has 2 heterocycles. The molecule has 1 aliphatic rings. The van der Waals surface area contributed by atoms with Crippen molar-refractivity contribution in [2.75, 3.05) is 26.8 Å². The normalized spacial score (nSPS) is 16.1. The van der Waals surface area contributed by atoms with Crippen molar-refractivity contribution in [3.8, 4) is 0 Å². The molecule has 1 aromatic rings. The van der Waals surface area contributed by atoms with Crippen molar-refractivity contribution in [2.24, 2.45) is 0 Å². The first kappa shape index (κ1) is 11.3. The van der Waals surface area contributed by atoms with Crippen molar-refractivity contribution in [2.45, 2.75) is 6.42 Å². The Morgan fingerprint density at radius 2 is 2.56 bits per heavy atom. The molecular formula is C11H14N2O2S. The van der Waals surface area contributed by atoms with Gasteiger partial charge in [-0.2, -0.15) is 0 Å². The number of carbonyl (C=O) groups is 1. The van der Waals surface area contributed by atoms with E-state index in [2.05, 4.69) is 11.1 Å². The van der Waals surface area contributed by atoms with Crippen LogP contribution in [0.5, 0.6) is 0 Å². The summed E-state index contributed by atoms with van der Waals surface area (Å²) in [5.41, 5.74) is 3.50. The number of hydrogen-bond acceptors (Lipinski definition) is 4. The molecule has 86 valence electrons. The largest absolute Gasteiger partial charge is 0.380 e. The molecule has 0 radical (unpaired) electrons. The fourth-order valence-electron chi connectivity index (χ4n) is 1.69. The number of hydrogen-bond donors (Lipinski definition) is 0. The number of aromatic nitrogens is 1. The zero-order valence-electron chi connectivity index (χ0n) is 9.18. The highest BCUT2D eigenvalue weighted by Gasteiger charge is 2.19. The molecule has 0 saturated heterocycles. The van der Waals surface area contributed by atoms with E-state index in [1.165, 1.54) is 16.9 Å². The second-order valence-electron chi connectivity index (χ2n) is 3.67. The molecule has 2 rings (SSSR count). The lowest BCUT2D eigenvalue weighted by atomic mass is 10.1. The van der Waals surface area contributed by atoms with Crippen LogP contribution in [-0.2, 0) is 4.74 Å². The summed E-state index contributed by atoms with van der Waals surface area (Å²) >= 11 is 1.45. The molecule has 16 heavy (non-hydrogen) atoms. The van der Waals surface area contributed by atoms with Gasteiger partial charge >= 0.3 is 0 Å². The Kier molecular flexibility index (Phi) is 3.69. The van der Waals surface area contributed by atoms with Gasteiger partial charge in [-0.25, -0.2) is 4.98 Å². The van der Waals surface area contributed by atoms with Crippen molar-refractivity contribution in [3.05, 3.63) is 28.2 Å². The lowest BCUT2D eigenvalue weighted by Gasteiger charge is -2.25. The number of carbonyl (C=O) groups excluding carboxylic acids is 1. The molecule has 0 saturated carbocycles. The Bertz CT molecular complexity index is 387. The number of ether oxygens (including phenoxy) is 1. The molecule has 4 nitrogen and oxygen atoms in total. The summed E-state index contributed by atoms with van der Waals surface area (Å²) in [6.45, 7) is 2.08. The maximum atomic E-state index is 11.9. The Morgan fingerprint density at radius 1 is 1.69 bits per heavy atom. The first-order valence-corrected chi connectivity index (χ1v) is 6.10. The standard InChI is InChI=1S/C11H14N2O2S/c1-15-6-9-2-4-13(5-3-9)11(14)10-7-16-8-12-10/h2,7-8H,3-6H2,1H3. The van der Waals surface area contributed by atoms with E-state index >= 15 is 0 Å². The Morgan fingerprint density at radius 3 is 3.12 bits per heavy atom. The minimum absolute atomic E-state index is 0.0222. The molecular weight excluding hydrogens is 224 g/mol. The molecule has 0 atom stereocenters. The van der Waals surface area contributed by atoms with Crippen LogP contribution in [-0.4, -0.2) is 42.6 Å². The van der Waals surface area contributed by atoms with Crippen LogP contribution in [0.15, 0.2) is 22.5 Å². The van der Waals surface area contributed by atoms with Gasteiger partial charge in [0.1, 0.15) is 5.69 Å². The molecule has 0 N–H and O–H groups in total. The molecule has 0 aliphatic carbocycles. The van der Waals surface area contributed by atoms with Crippen LogP contribution in [0.2, 0.25) is 0 Å². The van der Waals surface area contributed by atoms with Crippen LogP contribution in [0.25, 0.3) is 0 Å². The van der Waals surface area contributed by atoms with Crippen molar-refractivity contribution in [1.82, 2.24) is 9.88 Å². The van der Waals surface area contributed by atoms with Crippen molar-refractivity contribution < 1.29 is 9.53 Å². The average molecular weight is 238 g/mol. The lowest BCUT2D eigenvalue weighted by Crippen LogP contribution is -2.35. The molecule has 1 aromatic heterocycles. The quantitative estimate of drug-likeness (QED) is 0.750. The molecule has 0 bridgehead atoms. The van der Waals surface area contributed by atoms with Gasteiger partial charge in [0.15, 0.2) is 0 Å². The van der Waals surface area contributed by atoms with Crippen LogP contribution >= 0.6 is 11.3 Å². The van der Waals surface area contributed by atoms with Crippen LogP contribution in [0.3, 0.4) is 0 Å². The van der Waals surface area contributed by atoms with Gasteiger partial charge in [0.25, 0.3) is 5.91 Å². The summed E-state index contributed by atoms with van der Waals surface area (Å²) in [6.07, 6.45) is 2.96. The van der Waals surface area contributed by atoms with Gasteiger partial charge in [-0.05, 0) is 12.0 Å². The summed E-state index contributed by atoms with van der Waals surface area (Å²) in [7, 11) is 1.69. The van der Waals surface area contributed by atoms with Gasteiger partial charge in [-0.3, -0.25) is 4.79 Å². The van der Waals surface area contributed by atoms with Gasteiger partial charge in [-0.15, -0.1) is 11.3 Å². The third kappa shape index (κ3) is 2.48. The maximum Gasteiger partial charge on any atom is 0.273 e. The second-order valence-corrected chi connectivity index (χ2v) is 4.39. The summed E-state index contributed by atoms with van der Waals surface area (Å²) < 4.78 is 5.07. The van der Waals surface area contributed by atoms with Crippen molar-refractivity contribution in [1.29, 1.82) is 0 Å². The number of thiazole rings is 1. The molecule has 0 aromatic carbocycles. The Labute approximate surface area is 98.6 Å². The van der Waals surface area contributed by atoms with Gasteiger partial charge in [0.2, 0.25) is 0 Å². The number of rotatable bonds is 3. The summed E-state index contributed by atoms with van der Waals surface area (Å²) in [5, 5.41) is 1.79. The first-order valence-electron chi connectivity index (χ1n) is 5.15. The van der Waals surface area contributed by atoms with Gasteiger partial charge in [0.05, 0.1) is 12.1 Å². The van der Waals surface area contributed by atoms with E-state index in [0.29, 0.717) is 18.8 Å². The van der Waals surface area contributed by atoms with E-state index in [9.17, 15) is 4.79 Å². The third-order valence-corrected chi connectivity index (χ3v) is 3.16.